The average molecular weight is 429 g/mol. The lowest BCUT2D eigenvalue weighted by molar-refractivity contribution is 0.0642. The zero-order valence-electron chi connectivity index (χ0n) is 19.1. The third kappa shape index (κ3) is 4.00. The Morgan fingerprint density at radius 3 is 2.23 bits per heavy atom. The molecular weight excluding hydrogens is 397 g/mol. The van der Waals surface area contributed by atoms with E-state index in [1.807, 2.05) is 56.9 Å². The van der Waals surface area contributed by atoms with E-state index in [0.29, 0.717) is 12.0 Å². The second-order valence-corrected chi connectivity index (χ2v) is 10.5. The highest BCUT2D eigenvalue weighted by atomic mass is 19.1. The lowest BCUT2D eigenvalue weighted by Gasteiger charge is -2.43. The summed E-state index contributed by atoms with van der Waals surface area (Å²) in [6.07, 6.45) is 0.690. The number of alkyl halides is 1. The molecule has 2 nitrogen and oxygen atoms in total. The Labute approximate surface area is 182 Å². The van der Waals surface area contributed by atoms with Crippen LogP contribution in [0.2, 0.25) is 0 Å². The van der Waals surface area contributed by atoms with Gasteiger partial charge in [-0.25, -0.2) is 13.2 Å². The number of rotatable bonds is 3. The van der Waals surface area contributed by atoms with Crippen LogP contribution in [0.5, 0.6) is 0 Å². The Balaban J connectivity index is 1.96. The van der Waals surface area contributed by atoms with Crippen LogP contribution in [0.25, 0.3) is 10.9 Å². The van der Waals surface area contributed by atoms with Crippen LogP contribution in [0.15, 0.2) is 36.4 Å². The fourth-order valence-corrected chi connectivity index (χ4v) is 4.78. The number of benzene rings is 2. The first-order valence-electron chi connectivity index (χ1n) is 10.9. The van der Waals surface area contributed by atoms with E-state index in [1.54, 1.807) is 0 Å². The number of hydrogen-bond donors (Lipinski definition) is 1. The van der Waals surface area contributed by atoms with Crippen LogP contribution in [-0.4, -0.2) is 28.1 Å². The van der Waals surface area contributed by atoms with Crippen molar-refractivity contribution in [2.45, 2.75) is 71.1 Å². The van der Waals surface area contributed by atoms with Gasteiger partial charge in [0.05, 0.1) is 6.04 Å². The molecule has 1 aliphatic heterocycles. The van der Waals surface area contributed by atoms with Crippen molar-refractivity contribution in [2.75, 3.05) is 6.54 Å². The number of hydrogen-bond acceptors (Lipinski definition) is 1. The molecule has 1 aromatic heterocycles. The highest BCUT2D eigenvalue weighted by molar-refractivity contribution is 5.85. The van der Waals surface area contributed by atoms with Gasteiger partial charge in [0.25, 0.3) is 0 Å². The Kier molecular flexibility index (Phi) is 5.24. The smallest absolute Gasteiger partial charge is 0.131 e. The number of aromatic amines is 1. The maximum atomic E-state index is 15.5. The molecule has 2 atom stereocenters. The van der Waals surface area contributed by atoms with E-state index < -0.39 is 23.3 Å². The van der Waals surface area contributed by atoms with Crippen molar-refractivity contribution >= 4 is 10.9 Å². The highest BCUT2D eigenvalue weighted by Gasteiger charge is 2.41. The van der Waals surface area contributed by atoms with Crippen LogP contribution >= 0.6 is 0 Å². The molecule has 2 heterocycles. The summed E-state index contributed by atoms with van der Waals surface area (Å²) in [6, 6.07) is 9.95. The first-order chi connectivity index (χ1) is 14.4. The highest BCUT2D eigenvalue weighted by Crippen LogP contribution is 2.43. The van der Waals surface area contributed by atoms with Gasteiger partial charge in [0.1, 0.15) is 17.3 Å². The molecule has 166 valence electrons. The molecule has 0 spiro atoms. The van der Waals surface area contributed by atoms with Crippen molar-refractivity contribution in [1.29, 1.82) is 0 Å². The van der Waals surface area contributed by atoms with Crippen LogP contribution in [0, 0.1) is 11.6 Å². The Hall–Kier alpha value is -2.27. The minimum absolute atomic E-state index is 0.0170. The van der Waals surface area contributed by atoms with Gasteiger partial charge in [0.2, 0.25) is 0 Å². The summed E-state index contributed by atoms with van der Waals surface area (Å²) in [5.41, 5.74) is 1.44. The molecule has 0 aliphatic carbocycles. The summed E-state index contributed by atoms with van der Waals surface area (Å²) in [7, 11) is 0. The maximum absolute atomic E-state index is 15.5. The molecule has 0 bridgehead atoms. The van der Waals surface area contributed by atoms with E-state index in [9.17, 15) is 4.39 Å². The number of halogens is 3. The van der Waals surface area contributed by atoms with Crippen molar-refractivity contribution < 1.29 is 13.2 Å². The number of nitrogens with one attached hydrogen (secondary N) is 1. The van der Waals surface area contributed by atoms with Gasteiger partial charge in [-0.15, -0.1) is 0 Å². The summed E-state index contributed by atoms with van der Waals surface area (Å²) in [4.78, 5) is 5.30. The number of nitrogens with zero attached hydrogens (tertiary/aromatic N) is 1. The van der Waals surface area contributed by atoms with Crippen molar-refractivity contribution in [3.8, 4) is 0 Å². The monoisotopic (exact) mass is 428 g/mol. The molecule has 1 aliphatic rings. The lowest BCUT2D eigenvalue weighted by atomic mass is 9.83. The van der Waals surface area contributed by atoms with Crippen molar-refractivity contribution in [3.05, 3.63) is 70.4 Å². The van der Waals surface area contributed by atoms with Gasteiger partial charge in [-0.2, -0.15) is 0 Å². The SMILES string of the molecule is CC1Cc2c([nH]c3ccccc23)C(c2c(F)cc(C(C)(C)C)cc2F)N1CC(C)(C)F. The Bertz CT molecular complexity index is 1090. The van der Waals surface area contributed by atoms with Gasteiger partial charge in [-0.1, -0.05) is 39.0 Å². The number of H-pyrrole nitrogens is 1. The number of fused-ring (bicyclic) bond motifs is 3. The summed E-state index contributed by atoms with van der Waals surface area (Å²) in [6.45, 7) is 10.9. The van der Waals surface area contributed by atoms with Crippen LogP contribution in [0.3, 0.4) is 0 Å². The van der Waals surface area contributed by atoms with Gasteiger partial charge >= 0.3 is 0 Å². The standard InChI is InChI=1S/C26H31F3N2/c1-15-11-18-17-9-7-8-10-21(17)30-23(18)24(31(15)14-26(5,6)29)22-19(27)12-16(13-20(22)28)25(2,3)4/h7-10,12-13,15,24,30H,11,14H2,1-6H3. The topological polar surface area (TPSA) is 19.0 Å². The van der Waals surface area contributed by atoms with Crippen LogP contribution in [0.1, 0.15) is 70.0 Å². The molecule has 4 rings (SSSR count). The normalized spacial score (nSPS) is 20.3. The molecule has 31 heavy (non-hydrogen) atoms. The molecule has 2 unspecified atom stereocenters. The lowest BCUT2D eigenvalue weighted by Crippen LogP contribution is -2.48. The van der Waals surface area contributed by atoms with E-state index in [-0.39, 0.29) is 23.6 Å². The van der Waals surface area contributed by atoms with Gasteiger partial charge in [0, 0.05) is 34.7 Å². The quantitative estimate of drug-likeness (QED) is 0.484. The molecular formula is C26H31F3N2. The molecule has 0 saturated carbocycles. The fraction of sp³-hybridized carbons (Fsp3) is 0.462. The largest absolute Gasteiger partial charge is 0.357 e. The predicted octanol–water partition coefficient (Wildman–Crippen LogP) is 6.83. The van der Waals surface area contributed by atoms with Crippen LogP contribution in [-0.2, 0) is 11.8 Å². The second kappa shape index (κ2) is 7.40. The average Bonchev–Trinajstić information content (AvgIpc) is 3.00. The summed E-state index contributed by atoms with van der Waals surface area (Å²) in [5.74, 6) is -1.18. The molecule has 0 fully saturated rings. The van der Waals surface area contributed by atoms with Gasteiger partial charge in [0.15, 0.2) is 0 Å². The molecule has 2 aromatic carbocycles. The summed E-state index contributed by atoms with van der Waals surface area (Å²) >= 11 is 0. The van der Waals surface area contributed by atoms with Crippen molar-refractivity contribution in [1.82, 2.24) is 9.88 Å². The Morgan fingerprint density at radius 2 is 1.65 bits per heavy atom. The predicted molar refractivity (Wildman–Crippen MR) is 120 cm³/mol. The zero-order chi connectivity index (χ0) is 22.7. The van der Waals surface area contributed by atoms with Crippen molar-refractivity contribution in [2.24, 2.45) is 0 Å². The minimum atomic E-state index is -1.51. The first-order valence-corrected chi connectivity index (χ1v) is 10.9. The second-order valence-electron chi connectivity index (χ2n) is 10.5. The summed E-state index contributed by atoms with van der Waals surface area (Å²) < 4.78 is 45.9. The molecule has 3 aromatic rings. The molecule has 0 amide bonds. The first kappa shape index (κ1) is 21.9. The molecule has 0 radical (unpaired) electrons. The van der Waals surface area contributed by atoms with Crippen LogP contribution < -0.4 is 0 Å². The Morgan fingerprint density at radius 1 is 1.03 bits per heavy atom. The van der Waals surface area contributed by atoms with Gasteiger partial charge in [-0.05, 0) is 61.9 Å². The number of aromatic nitrogens is 1. The van der Waals surface area contributed by atoms with Gasteiger partial charge in [-0.3, -0.25) is 4.90 Å². The zero-order valence-corrected chi connectivity index (χ0v) is 19.1. The fourth-order valence-electron chi connectivity index (χ4n) is 4.78. The molecule has 5 heteroatoms. The van der Waals surface area contributed by atoms with E-state index in [0.717, 1.165) is 22.2 Å². The minimum Gasteiger partial charge on any atom is -0.357 e. The van der Waals surface area contributed by atoms with E-state index in [4.69, 9.17) is 0 Å². The number of para-hydroxylation sites is 1. The third-order valence-corrected chi connectivity index (χ3v) is 6.29. The maximum Gasteiger partial charge on any atom is 0.131 e. The van der Waals surface area contributed by atoms with E-state index in [2.05, 4.69) is 4.98 Å². The molecule has 0 saturated heterocycles. The summed E-state index contributed by atoms with van der Waals surface area (Å²) in [5, 5.41) is 1.06. The third-order valence-electron chi connectivity index (χ3n) is 6.29. The van der Waals surface area contributed by atoms with Crippen LogP contribution in [0.4, 0.5) is 13.2 Å². The van der Waals surface area contributed by atoms with Gasteiger partial charge < -0.3 is 4.98 Å². The van der Waals surface area contributed by atoms with E-state index >= 15 is 8.78 Å². The molecule has 1 N–H and O–H groups in total. The van der Waals surface area contributed by atoms with Crippen molar-refractivity contribution in [3.63, 3.8) is 0 Å². The van der Waals surface area contributed by atoms with E-state index in [1.165, 1.54) is 26.0 Å².